The molecule has 3 nitrogen and oxygen atoms in total. The first kappa shape index (κ1) is 21.2. The van der Waals surface area contributed by atoms with Crippen LogP contribution in [0.25, 0.3) is 21.5 Å². The molecule has 1 radical (unpaired) electrons. The van der Waals surface area contributed by atoms with Crippen molar-refractivity contribution in [3.63, 3.8) is 0 Å². The Morgan fingerprint density at radius 3 is 2.44 bits per heavy atom. The van der Waals surface area contributed by atoms with E-state index in [-0.39, 0.29) is 31.6 Å². The number of rotatable bonds is 2. The van der Waals surface area contributed by atoms with E-state index in [4.69, 9.17) is 14.9 Å². The average molecular weight is 532 g/mol. The standard InChI is InChI=1S/C15H12NS.C5H8O2.Ir/c1-10-7-15(17-9-10)14-8-11(2)12-5-3-4-6-13(12)16-14;1-4(6)3-5(2)7;/h3-6,8-9H,1-2H3;3,6H,1-2H3;/q-1;;/p+1. The van der Waals surface area contributed by atoms with Crippen LogP contribution in [-0.2, 0) is 20.1 Å². The number of para-hydroxylation sites is 1. The van der Waals surface area contributed by atoms with Crippen LogP contribution in [0, 0.1) is 19.9 Å². The van der Waals surface area contributed by atoms with Crippen molar-refractivity contribution in [2.75, 3.05) is 0 Å². The SMILES string of the molecule is CC(=[OH+])C=C(C)O.Cc1[c-]c(-c2cc(C)c3ccccc3n2)sc1.[Ir]. The van der Waals surface area contributed by atoms with Gasteiger partial charge in [0.2, 0.25) is 0 Å². The van der Waals surface area contributed by atoms with Gasteiger partial charge in [-0.05, 0) is 25.6 Å². The van der Waals surface area contributed by atoms with Gasteiger partial charge in [-0.3, -0.25) is 4.79 Å². The van der Waals surface area contributed by atoms with Crippen LogP contribution in [0.4, 0.5) is 0 Å². The van der Waals surface area contributed by atoms with E-state index < -0.39 is 0 Å². The number of ketones is 1. The van der Waals surface area contributed by atoms with Gasteiger partial charge < -0.3 is 10.1 Å². The van der Waals surface area contributed by atoms with Gasteiger partial charge in [-0.2, -0.15) is 11.6 Å². The van der Waals surface area contributed by atoms with E-state index in [1.54, 1.807) is 11.3 Å². The molecule has 2 aromatic heterocycles. The molecule has 0 aliphatic carbocycles. The van der Waals surface area contributed by atoms with Crippen LogP contribution in [-0.4, -0.2) is 20.7 Å². The molecule has 0 bridgehead atoms. The fourth-order valence-corrected chi connectivity index (χ4v) is 3.08. The monoisotopic (exact) mass is 532 g/mol. The van der Waals surface area contributed by atoms with Crippen LogP contribution < -0.4 is 0 Å². The third-order valence-corrected chi connectivity index (χ3v) is 4.26. The van der Waals surface area contributed by atoms with E-state index in [1.807, 2.05) is 6.07 Å². The van der Waals surface area contributed by atoms with E-state index in [2.05, 4.69) is 49.6 Å². The third-order valence-electron chi connectivity index (χ3n) is 3.24. The van der Waals surface area contributed by atoms with Gasteiger partial charge in [0.25, 0.3) is 0 Å². The number of thiophene rings is 1. The number of hydrogen-bond donors (Lipinski definition) is 1. The summed E-state index contributed by atoms with van der Waals surface area (Å²) in [5.74, 6) is 0.250. The zero-order valence-corrected chi connectivity index (χ0v) is 17.8. The smallest absolute Gasteiger partial charge is 0.316 e. The number of aromatic nitrogens is 1. The number of fused-ring (bicyclic) bond motifs is 1. The minimum absolute atomic E-state index is 0. The van der Waals surface area contributed by atoms with Gasteiger partial charge in [0.05, 0.1) is 24.3 Å². The van der Waals surface area contributed by atoms with Crippen molar-refractivity contribution in [2.45, 2.75) is 27.7 Å². The molecule has 3 aromatic rings. The van der Waals surface area contributed by atoms with Gasteiger partial charge >= 0.3 is 5.78 Å². The first-order chi connectivity index (χ1) is 11.4. The Hall–Kier alpha value is -1.81. The first-order valence-electron chi connectivity index (χ1n) is 7.60. The van der Waals surface area contributed by atoms with E-state index in [0.29, 0.717) is 0 Å². The molecular formula is C20H21IrNO2S. The number of nitrogens with zero attached hydrogens (tertiary/aromatic N) is 1. The Bertz CT molecular complexity index is 896. The summed E-state index contributed by atoms with van der Waals surface area (Å²) in [6.07, 6.45) is 1.28. The molecule has 0 aliphatic rings. The predicted octanol–water partition coefficient (Wildman–Crippen LogP) is 5.39. The quantitative estimate of drug-likeness (QED) is 0.209. The van der Waals surface area contributed by atoms with Crippen molar-refractivity contribution in [1.82, 2.24) is 4.98 Å². The zero-order chi connectivity index (χ0) is 17.7. The zero-order valence-electron chi connectivity index (χ0n) is 14.6. The van der Waals surface area contributed by atoms with E-state index in [9.17, 15) is 0 Å². The number of benzene rings is 1. The van der Waals surface area contributed by atoms with Crippen molar-refractivity contribution in [2.24, 2.45) is 0 Å². The molecule has 0 saturated carbocycles. The molecular weight excluding hydrogens is 511 g/mol. The summed E-state index contributed by atoms with van der Waals surface area (Å²) < 4.78 is 0. The topological polar surface area (TPSA) is 54.5 Å². The van der Waals surface area contributed by atoms with Crippen molar-refractivity contribution in [3.8, 4) is 10.6 Å². The van der Waals surface area contributed by atoms with Gasteiger partial charge in [-0.1, -0.05) is 41.6 Å². The summed E-state index contributed by atoms with van der Waals surface area (Å²) in [7, 11) is 0. The molecule has 133 valence electrons. The second kappa shape index (κ2) is 9.62. The second-order valence-corrected chi connectivity index (χ2v) is 6.52. The Kier molecular flexibility index (Phi) is 8.17. The van der Waals surface area contributed by atoms with Crippen LogP contribution in [0.2, 0.25) is 0 Å². The average Bonchev–Trinajstić information content (AvgIpc) is 2.93. The van der Waals surface area contributed by atoms with Crippen molar-refractivity contribution < 1.29 is 30.0 Å². The van der Waals surface area contributed by atoms with Crippen LogP contribution >= 0.6 is 11.3 Å². The van der Waals surface area contributed by atoms with Crippen LogP contribution in [0.3, 0.4) is 0 Å². The molecule has 25 heavy (non-hydrogen) atoms. The number of aliphatic hydroxyl groups excluding tert-OH is 1. The Morgan fingerprint density at radius 2 is 1.92 bits per heavy atom. The summed E-state index contributed by atoms with van der Waals surface area (Å²) in [4.78, 5) is 14.2. The van der Waals surface area contributed by atoms with Crippen molar-refractivity contribution in [3.05, 3.63) is 64.7 Å². The molecule has 0 saturated heterocycles. The van der Waals surface area contributed by atoms with Crippen molar-refractivity contribution in [1.29, 1.82) is 0 Å². The summed E-state index contributed by atoms with van der Waals surface area (Å²) >= 11 is 1.70. The third kappa shape index (κ3) is 6.20. The van der Waals surface area contributed by atoms with E-state index in [1.165, 1.54) is 36.4 Å². The Morgan fingerprint density at radius 1 is 1.24 bits per heavy atom. The largest absolute Gasteiger partial charge is 0.512 e. The summed E-state index contributed by atoms with van der Waals surface area (Å²) in [6, 6.07) is 13.7. The maximum atomic E-state index is 8.40. The van der Waals surface area contributed by atoms with Gasteiger partial charge in [0.15, 0.2) is 0 Å². The molecule has 3 rings (SSSR count). The first-order valence-corrected chi connectivity index (χ1v) is 8.48. The molecule has 1 aromatic carbocycles. The van der Waals surface area contributed by atoms with E-state index in [0.717, 1.165) is 16.1 Å². The molecule has 0 fully saturated rings. The van der Waals surface area contributed by atoms with Crippen LogP contribution in [0.1, 0.15) is 25.0 Å². The molecule has 0 aliphatic heterocycles. The normalized spacial score (nSPS) is 10.6. The second-order valence-electron chi connectivity index (χ2n) is 5.64. The van der Waals surface area contributed by atoms with Crippen LogP contribution in [0.15, 0.2) is 47.5 Å². The fraction of sp³-hybridized carbons (Fsp3) is 0.200. The molecule has 2 heterocycles. The van der Waals surface area contributed by atoms with Gasteiger partial charge in [-0.15, -0.1) is 5.38 Å². The number of hydrogen-bond acceptors (Lipinski definition) is 3. The molecule has 0 amide bonds. The Balaban J connectivity index is 0.000000339. The number of aliphatic hydroxyl groups is 1. The van der Waals surface area contributed by atoms with Crippen molar-refractivity contribution >= 4 is 28.0 Å². The summed E-state index contributed by atoms with van der Waals surface area (Å²) in [5, 5.41) is 11.7. The number of allylic oxidation sites excluding steroid dienone is 2. The van der Waals surface area contributed by atoms with Gasteiger partial charge in [0.1, 0.15) is 0 Å². The maximum absolute atomic E-state index is 8.40. The molecule has 5 heteroatoms. The maximum Gasteiger partial charge on any atom is 0.316 e. The fourth-order valence-electron chi connectivity index (χ4n) is 2.28. The van der Waals surface area contributed by atoms with Gasteiger partial charge in [-0.25, -0.2) is 11.3 Å². The minimum Gasteiger partial charge on any atom is -0.512 e. The molecule has 2 N–H and O–H groups in total. The summed E-state index contributed by atoms with van der Waals surface area (Å²) in [5.41, 5.74) is 4.53. The number of pyridine rings is 1. The predicted molar refractivity (Wildman–Crippen MR) is 102 cm³/mol. The molecule has 0 spiro atoms. The number of aryl methyl sites for hydroxylation is 2. The minimum atomic E-state index is 0. The van der Waals surface area contributed by atoms with Gasteiger partial charge in [0, 0.05) is 25.5 Å². The molecule has 0 unspecified atom stereocenters. The van der Waals surface area contributed by atoms with Crippen LogP contribution in [0.5, 0.6) is 0 Å². The van der Waals surface area contributed by atoms with E-state index >= 15 is 0 Å². The Labute approximate surface area is 165 Å². The molecule has 0 atom stereocenters. The number of carbonyl (C=O) groups excluding carboxylic acids is 1. The summed E-state index contributed by atoms with van der Waals surface area (Å²) in [6.45, 7) is 7.20.